The summed E-state index contributed by atoms with van der Waals surface area (Å²) in [6.07, 6.45) is 1.60. The van der Waals surface area contributed by atoms with Crippen molar-refractivity contribution in [3.8, 4) is 11.1 Å². The van der Waals surface area contributed by atoms with Gasteiger partial charge in [-0.1, -0.05) is 41.9 Å². The molecule has 0 aliphatic heterocycles. The molecule has 2 aromatic rings. The van der Waals surface area contributed by atoms with Crippen molar-refractivity contribution < 1.29 is 5.11 Å². The van der Waals surface area contributed by atoms with Crippen LogP contribution in [0.1, 0.15) is 5.56 Å². The van der Waals surface area contributed by atoms with Crippen LogP contribution in [0.2, 0.25) is 5.15 Å². The predicted octanol–water partition coefficient (Wildman–Crippen LogP) is 2.89. The van der Waals surface area contributed by atoms with Crippen LogP contribution in [-0.4, -0.2) is 10.1 Å². The van der Waals surface area contributed by atoms with E-state index in [1.54, 1.807) is 12.3 Å². The molecule has 3 heteroatoms. The number of hydrogen-bond donors (Lipinski definition) is 1. The number of aromatic nitrogens is 1. The summed E-state index contributed by atoms with van der Waals surface area (Å²) in [5.74, 6) is 0. The van der Waals surface area contributed by atoms with Gasteiger partial charge in [-0.3, -0.25) is 0 Å². The number of nitrogens with zero attached hydrogens (tertiary/aromatic N) is 1. The Balaban J connectivity index is 2.61. The minimum Gasteiger partial charge on any atom is -0.392 e. The first-order valence-corrected chi connectivity index (χ1v) is 5.00. The Hall–Kier alpha value is -1.38. The van der Waals surface area contributed by atoms with Crippen molar-refractivity contribution in [1.29, 1.82) is 0 Å². The third kappa shape index (κ3) is 2.01. The summed E-state index contributed by atoms with van der Waals surface area (Å²) in [4.78, 5) is 4.02. The lowest BCUT2D eigenvalue weighted by Gasteiger charge is -2.08. The van der Waals surface area contributed by atoms with E-state index in [2.05, 4.69) is 4.98 Å². The second-order valence-corrected chi connectivity index (χ2v) is 3.52. The van der Waals surface area contributed by atoms with Crippen molar-refractivity contribution in [2.24, 2.45) is 0 Å². The van der Waals surface area contributed by atoms with E-state index in [1.165, 1.54) is 0 Å². The van der Waals surface area contributed by atoms with Gasteiger partial charge in [-0.05, 0) is 17.2 Å². The molecule has 1 aromatic carbocycles. The maximum absolute atomic E-state index is 9.22. The Bertz CT molecular complexity index is 456. The summed E-state index contributed by atoms with van der Waals surface area (Å²) in [7, 11) is 0. The monoisotopic (exact) mass is 219 g/mol. The van der Waals surface area contributed by atoms with E-state index in [1.807, 2.05) is 30.3 Å². The second kappa shape index (κ2) is 4.43. The number of aliphatic hydroxyl groups excluding tert-OH is 1. The molecule has 0 unspecified atom stereocenters. The molecule has 1 N–H and O–H groups in total. The highest BCUT2D eigenvalue weighted by atomic mass is 35.5. The molecule has 2 nitrogen and oxygen atoms in total. The first-order valence-electron chi connectivity index (χ1n) is 4.62. The molecule has 76 valence electrons. The van der Waals surface area contributed by atoms with Crippen molar-refractivity contribution in [2.75, 3.05) is 0 Å². The number of halogens is 1. The number of rotatable bonds is 2. The standard InChI is InChI=1S/C12H10ClNO/c13-12-11(9-4-2-1-3-5-9)10(8-15)6-7-14-12/h1-7,15H,8H2. The van der Waals surface area contributed by atoms with Gasteiger partial charge in [-0.2, -0.15) is 0 Å². The molecule has 0 saturated carbocycles. The van der Waals surface area contributed by atoms with Crippen LogP contribution >= 0.6 is 11.6 Å². The summed E-state index contributed by atoms with van der Waals surface area (Å²) in [6, 6.07) is 11.5. The van der Waals surface area contributed by atoms with Crippen LogP contribution in [0.15, 0.2) is 42.6 Å². The van der Waals surface area contributed by atoms with Gasteiger partial charge in [-0.15, -0.1) is 0 Å². The molecule has 0 bridgehead atoms. The Kier molecular flexibility index (Phi) is 2.99. The van der Waals surface area contributed by atoms with Gasteiger partial charge in [0.1, 0.15) is 5.15 Å². The second-order valence-electron chi connectivity index (χ2n) is 3.16. The molecule has 0 amide bonds. The van der Waals surface area contributed by atoms with Crippen molar-refractivity contribution in [3.05, 3.63) is 53.3 Å². The molecule has 1 aromatic heterocycles. The Morgan fingerprint density at radius 1 is 1.13 bits per heavy atom. The Labute approximate surface area is 93.2 Å². The lowest BCUT2D eigenvalue weighted by Crippen LogP contribution is -1.92. The van der Waals surface area contributed by atoms with E-state index in [4.69, 9.17) is 11.6 Å². The summed E-state index contributed by atoms with van der Waals surface area (Å²) in [6.45, 7) is -0.0353. The van der Waals surface area contributed by atoms with E-state index >= 15 is 0 Å². The SMILES string of the molecule is OCc1ccnc(Cl)c1-c1ccccc1. The zero-order valence-corrected chi connectivity index (χ0v) is 8.78. The average molecular weight is 220 g/mol. The predicted molar refractivity (Wildman–Crippen MR) is 60.6 cm³/mol. The van der Waals surface area contributed by atoms with Crippen LogP contribution in [0.5, 0.6) is 0 Å². The summed E-state index contributed by atoms with van der Waals surface area (Å²) in [5, 5.41) is 9.64. The minimum absolute atomic E-state index is 0.0353. The highest BCUT2D eigenvalue weighted by Gasteiger charge is 2.08. The van der Waals surface area contributed by atoms with Crippen molar-refractivity contribution >= 4 is 11.6 Å². The van der Waals surface area contributed by atoms with E-state index in [-0.39, 0.29) is 6.61 Å². The molecule has 0 radical (unpaired) electrons. The van der Waals surface area contributed by atoms with E-state index in [9.17, 15) is 5.11 Å². The van der Waals surface area contributed by atoms with E-state index < -0.39 is 0 Å². The maximum atomic E-state index is 9.22. The van der Waals surface area contributed by atoms with Crippen LogP contribution in [-0.2, 0) is 6.61 Å². The topological polar surface area (TPSA) is 33.1 Å². The fourth-order valence-electron chi connectivity index (χ4n) is 1.51. The molecule has 1 heterocycles. The van der Waals surface area contributed by atoms with Gasteiger partial charge in [0, 0.05) is 11.8 Å². The number of aliphatic hydroxyl groups is 1. The number of hydrogen-bond acceptors (Lipinski definition) is 2. The molecular weight excluding hydrogens is 210 g/mol. The highest BCUT2D eigenvalue weighted by molar-refractivity contribution is 6.32. The van der Waals surface area contributed by atoms with Crippen molar-refractivity contribution in [2.45, 2.75) is 6.61 Å². The first kappa shape index (κ1) is 10.1. The van der Waals surface area contributed by atoms with Gasteiger partial charge < -0.3 is 5.11 Å². The molecular formula is C12H10ClNO. The maximum Gasteiger partial charge on any atom is 0.137 e. The quantitative estimate of drug-likeness (QED) is 0.788. The largest absolute Gasteiger partial charge is 0.392 e. The van der Waals surface area contributed by atoms with Gasteiger partial charge >= 0.3 is 0 Å². The summed E-state index contributed by atoms with van der Waals surface area (Å²) in [5.41, 5.74) is 2.57. The zero-order chi connectivity index (χ0) is 10.7. The summed E-state index contributed by atoms with van der Waals surface area (Å²) < 4.78 is 0. The fraction of sp³-hybridized carbons (Fsp3) is 0.0833. The molecule has 15 heavy (non-hydrogen) atoms. The van der Waals surface area contributed by atoms with Crippen LogP contribution in [0, 0.1) is 0 Å². The third-order valence-electron chi connectivity index (χ3n) is 2.22. The molecule has 0 saturated heterocycles. The van der Waals surface area contributed by atoms with Crippen molar-refractivity contribution in [1.82, 2.24) is 4.98 Å². The lowest BCUT2D eigenvalue weighted by molar-refractivity contribution is 0.282. The van der Waals surface area contributed by atoms with Gasteiger partial charge in [0.15, 0.2) is 0 Å². The fourth-order valence-corrected chi connectivity index (χ4v) is 1.80. The lowest BCUT2D eigenvalue weighted by atomic mass is 10.0. The average Bonchev–Trinajstić information content (AvgIpc) is 2.29. The molecule has 0 fully saturated rings. The number of pyridine rings is 1. The molecule has 2 rings (SSSR count). The van der Waals surface area contributed by atoms with E-state index in [0.717, 1.165) is 16.7 Å². The molecule has 0 spiro atoms. The van der Waals surface area contributed by atoms with Gasteiger partial charge in [0.2, 0.25) is 0 Å². The zero-order valence-electron chi connectivity index (χ0n) is 8.02. The van der Waals surface area contributed by atoms with Crippen LogP contribution in [0.3, 0.4) is 0 Å². The van der Waals surface area contributed by atoms with Crippen molar-refractivity contribution in [3.63, 3.8) is 0 Å². The normalized spacial score (nSPS) is 10.3. The summed E-state index contributed by atoms with van der Waals surface area (Å²) >= 11 is 6.02. The van der Waals surface area contributed by atoms with Crippen LogP contribution < -0.4 is 0 Å². The molecule has 0 atom stereocenters. The Morgan fingerprint density at radius 3 is 2.53 bits per heavy atom. The van der Waals surface area contributed by atoms with Crippen LogP contribution in [0.25, 0.3) is 11.1 Å². The Morgan fingerprint density at radius 2 is 1.87 bits per heavy atom. The first-order chi connectivity index (χ1) is 7.33. The van der Waals surface area contributed by atoms with E-state index in [0.29, 0.717) is 5.15 Å². The van der Waals surface area contributed by atoms with Gasteiger partial charge in [0.05, 0.1) is 6.61 Å². The van der Waals surface area contributed by atoms with Gasteiger partial charge in [0.25, 0.3) is 0 Å². The smallest absolute Gasteiger partial charge is 0.137 e. The van der Waals surface area contributed by atoms with Crippen LogP contribution in [0.4, 0.5) is 0 Å². The molecule has 0 aliphatic carbocycles. The third-order valence-corrected chi connectivity index (χ3v) is 2.51. The minimum atomic E-state index is -0.0353. The highest BCUT2D eigenvalue weighted by Crippen LogP contribution is 2.29. The number of benzene rings is 1. The van der Waals surface area contributed by atoms with Gasteiger partial charge in [-0.25, -0.2) is 4.98 Å². The molecule has 0 aliphatic rings.